The standard InChI is InChI=1S/C23H31N3O3/c1-19(13-20-4-5-22-23(14-20)29-18-28-22)16-26(17-21-3-2-6-24-15-21)8-7-25-9-11-27-12-10-25/h2-6,14-15,19H,7-13,16-18H2,1H3/t19-/m0/s1. The molecule has 1 atom stereocenters. The molecule has 3 heterocycles. The lowest BCUT2D eigenvalue weighted by molar-refractivity contribution is 0.0322. The molecule has 2 aliphatic rings. The fourth-order valence-electron chi connectivity index (χ4n) is 4.07. The molecule has 4 rings (SSSR count). The van der Waals surface area contributed by atoms with Crippen LogP contribution >= 0.6 is 0 Å². The number of aromatic nitrogens is 1. The first-order valence-electron chi connectivity index (χ1n) is 10.6. The fourth-order valence-corrected chi connectivity index (χ4v) is 4.07. The van der Waals surface area contributed by atoms with E-state index in [-0.39, 0.29) is 0 Å². The van der Waals surface area contributed by atoms with Crippen LogP contribution in [0.1, 0.15) is 18.1 Å². The van der Waals surface area contributed by atoms with Gasteiger partial charge >= 0.3 is 0 Å². The third kappa shape index (κ3) is 5.92. The molecule has 0 saturated carbocycles. The number of morpholine rings is 1. The zero-order valence-electron chi connectivity index (χ0n) is 17.3. The number of pyridine rings is 1. The molecule has 6 nitrogen and oxygen atoms in total. The molecular formula is C23H31N3O3. The Labute approximate surface area is 173 Å². The minimum absolute atomic E-state index is 0.328. The van der Waals surface area contributed by atoms with Crippen molar-refractivity contribution < 1.29 is 14.2 Å². The molecule has 0 aliphatic carbocycles. The summed E-state index contributed by atoms with van der Waals surface area (Å²) in [5.41, 5.74) is 2.57. The maximum absolute atomic E-state index is 5.53. The average Bonchev–Trinajstić information content (AvgIpc) is 3.21. The summed E-state index contributed by atoms with van der Waals surface area (Å²) in [6.07, 6.45) is 4.84. The lowest BCUT2D eigenvalue weighted by Crippen LogP contribution is -2.42. The highest BCUT2D eigenvalue weighted by Gasteiger charge is 2.17. The number of benzene rings is 1. The van der Waals surface area contributed by atoms with Gasteiger partial charge in [0.15, 0.2) is 11.5 Å². The van der Waals surface area contributed by atoms with Crippen LogP contribution in [0.4, 0.5) is 0 Å². The van der Waals surface area contributed by atoms with E-state index in [2.05, 4.69) is 39.9 Å². The smallest absolute Gasteiger partial charge is 0.231 e. The highest BCUT2D eigenvalue weighted by molar-refractivity contribution is 5.44. The summed E-state index contributed by atoms with van der Waals surface area (Å²) in [7, 11) is 0. The van der Waals surface area contributed by atoms with Crippen molar-refractivity contribution in [3.8, 4) is 11.5 Å². The fraction of sp³-hybridized carbons (Fsp3) is 0.522. The van der Waals surface area contributed by atoms with Crippen molar-refractivity contribution in [3.05, 3.63) is 53.9 Å². The van der Waals surface area contributed by atoms with Crippen LogP contribution < -0.4 is 9.47 Å². The van der Waals surface area contributed by atoms with E-state index in [4.69, 9.17) is 14.2 Å². The van der Waals surface area contributed by atoms with Crippen LogP contribution in [0.3, 0.4) is 0 Å². The van der Waals surface area contributed by atoms with Crippen molar-refractivity contribution in [2.24, 2.45) is 5.92 Å². The van der Waals surface area contributed by atoms with E-state index >= 15 is 0 Å². The zero-order valence-corrected chi connectivity index (χ0v) is 17.3. The van der Waals surface area contributed by atoms with Gasteiger partial charge in [-0.1, -0.05) is 19.1 Å². The number of hydrogen-bond donors (Lipinski definition) is 0. The van der Waals surface area contributed by atoms with Crippen molar-refractivity contribution in [2.75, 3.05) is 52.7 Å². The number of hydrogen-bond acceptors (Lipinski definition) is 6. The van der Waals surface area contributed by atoms with Gasteiger partial charge in [0.25, 0.3) is 0 Å². The summed E-state index contributed by atoms with van der Waals surface area (Å²) < 4.78 is 16.4. The quantitative estimate of drug-likeness (QED) is 0.649. The van der Waals surface area contributed by atoms with Crippen molar-refractivity contribution in [1.29, 1.82) is 0 Å². The SMILES string of the molecule is C[C@@H](Cc1ccc2c(c1)OCO2)CN(CCN1CCOCC1)Cc1cccnc1. The number of fused-ring (bicyclic) bond motifs is 1. The van der Waals surface area contributed by atoms with Crippen LogP contribution in [-0.2, 0) is 17.7 Å². The Morgan fingerprint density at radius 1 is 1.10 bits per heavy atom. The maximum atomic E-state index is 5.53. The lowest BCUT2D eigenvalue weighted by atomic mass is 10.00. The molecule has 2 aromatic rings. The van der Waals surface area contributed by atoms with E-state index in [9.17, 15) is 0 Å². The zero-order chi connectivity index (χ0) is 19.9. The van der Waals surface area contributed by atoms with Gasteiger partial charge in [-0.3, -0.25) is 14.8 Å². The predicted octanol–water partition coefficient (Wildman–Crippen LogP) is 2.82. The summed E-state index contributed by atoms with van der Waals surface area (Å²) in [5, 5.41) is 0. The van der Waals surface area contributed by atoms with Crippen molar-refractivity contribution in [2.45, 2.75) is 19.9 Å². The van der Waals surface area contributed by atoms with Gasteiger partial charge in [-0.15, -0.1) is 0 Å². The minimum atomic E-state index is 0.328. The van der Waals surface area contributed by atoms with Gasteiger partial charge in [-0.05, 0) is 41.7 Å². The molecule has 156 valence electrons. The number of rotatable bonds is 9. The molecule has 29 heavy (non-hydrogen) atoms. The van der Waals surface area contributed by atoms with Crippen molar-refractivity contribution >= 4 is 0 Å². The Morgan fingerprint density at radius 3 is 2.79 bits per heavy atom. The molecule has 0 spiro atoms. The molecule has 6 heteroatoms. The Balaban J connectivity index is 1.35. The van der Waals surface area contributed by atoms with Gasteiger partial charge in [0.1, 0.15) is 0 Å². The molecule has 0 bridgehead atoms. The maximum Gasteiger partial charge on any atom is 0.231 e. The van der Waals surface area contributed by atoms with Crippen LogP contribution in [0.15, 0.2) is 42.7 Å². The van der Waals surface area contributed by atoms with E-state index in [0.717, 1.165) is 70.4 Å². The topological polar surface area (TPSA) is 47.1 Å². The summed E-state index contributed by atoms with van der Waals surface area (Å²) >= 11 is 0. The van der Waals surface area contributed by atoms with Gasteiger partial charge in [0, 0.05) is 51.7 Å². The van der Waals surface area contributed by atoms with Crippen LogP contribution in [-0.4, -0.2) is 67.5 Å². The van der Waals surface area contributed by atoms with Crippen molar-refractivity contribution in [3.63, 3.8) is 0 Å². The van der Waals surface area contributed by atoms with Gasteiger partial charge in [0.2, 0.25) is 6.79 Å². The normalized spacial score (nSPS) is 17.6. The second-order valence-electron chi connectivity index (χ2n) is 8.05. The molecule has 1 aromatic heterocycles. The van der Waals surface area contributed by atoms with E-state index in [1.165, 1.54) is 11.1 Å². The Hall–Kier alpha value is -2.15. The monoisotopic (exact) mass is 397 g/mol. The highest BCUT2D eigenvalue weighted by atomic mass is 16.7. The third-order valence-electron chi connectivity index (χ3n) is 5.56. The molecule has 1 saturated heterocycles. The van der Waals surface area contributed by atoms with E-state index in [1.54, 1.807) is 0 Å². The van der Waals surface area contributed by atoms with E-state index in [0.29, 0.717) is 12.7 Å². The van der Waals surface area contributed by atoms with Crippen LogP contribution in [0.25, 0.3) is 0 Å². The van der Waals surface area contributed by atoms with Crippen LogP contribution in [0.2, 0.25) is 0 Å². The van der Waals surface area contributed by atoms with Crippen LogP contribution in [0.5, 0.6) is 11.5 Å². The second kappa shape index (κ2) is 10.1. The van der Waals surface area contributed by atoms with Gasteiger partial charge in [-0.25, -0.2) is 0 Å². The Morgan fingerprint density at radius 2 is 1.97 bits per heavy atom. The molecule has 1 fully saturated rings. The summed E-state index contributed by atoms with van der Waals surface area (Å²) in [6, 6.07) is 10.5. The van der Waals surface area contributed by atoms with Crippen molar-refractivity contribution in [1.82, 2.24) is 14.8 Å². The Kier molecular flexibility index (Phi) is 6.98. The minimum Gasteiger partial charge on any atom is -0.454 e. The largest absolute Gasteiger partial charge is 0.454 e. The third-order valence-corrected chi connectivity index (χ3v) is 5.56. The van der Waals surface area contributed by atoms with E-state index < -0.39 is 0 Å². The van der Waals surface area contributed by atoms with Gasteiger partial charge < -0.3 is 14.2 Å². The Bertz CT molecular complexity index is 765. The van der Waals surface area contributed by atoms with Gasteiger partial charge in [0.05, 0.1) is 13.2 Å². The molecule has 0 N–H and O–H groups in total. The second-order valence-corrected chi connectivity index (χ2v) is 8.05. The predicted molar refractivity (Wildman–Crippen MR) is 112 cm³/mol. The lowest BCUT2D eigenvalue weighted by Gasteiger charge is -2.31. The van der Waals surface area contributed by atoms with E-state index in [1.807, 2.05) is 24.5 Å². The first-order chi connectivity index (χ1) is 14.3. The molecule has 0 amide bonds. The number of nitrogens with zero attached hydrogens (tertiary/aromatic N) is 3. The molecule has 2 aliphatic heterocycles. The molecule has 1 aromatic carbocycles. The molecule has 0 unspecified atom stereocenters. The molecular weight excluding hydrogens is 366 g/mol. The first kappa shape index (κ1) is 20.1. The summed E-state index contributed by atoms with van der Waals surface area (Å²) in [6.45, 7) is 10.6. The average molecular weight is 398 g/mol. The van der Waals surface area contributed by atoms with Crippen LogP contribution in [0, 0.1) is 5.92 Å². The summed E-state index contributed by atoms with van der Waals surface area (Å²) in [5.74, 6) is 2.26. The van der Waals surface area contributed by atoms with Gasteiger partial charge in [-0.2, -0.15) is 0 Å². The summed E-state index contributed by atoms with van der Waals surface area (Å²) in [4.78, 5) is 9.35. The molecule has 0 radical (unpaired) electrons. The highest BCUT2D eigenvalue weighted by Crippen LogP contribution is 2.33. The first-order valence-corrected chi connectivity index (χ1v) is 10.6. The number of ether oxygens (including phenoxy) is 3.